The predicted octanol–water partition coefficient (Wildman–Crippen LogP) is 1.55. The van der Waals surface area contributed by atoms with Gasteiger partial charge in [-0.1, -0.05) is 6.92 Å². The first-order valence-electron chi connectivity index (χ1n) is 5.77. The minimum atomic E-state index is 0.692. The van der Waals surface area contributed by atoms with Crippen LogP contribution in [0.5, 0.6) is 0 Å². The van der Waals surface area contributed by atoms with Crippen LogP contribution < -0.4 is 10.6 Å². The molecule has 1 fully saturated rings. The lowest BCUT2D eigenvalue weighted by Gasteiger charge is -2.23. The van der Waals surface area contributed by atoms with E-state index in [1.165, 1.54) is 12.8 Å². The molecule has 0 atom stereocenters. The van der Waals surface area contributed by atoms with Crippen LogP contribution >= 0.6 is 0 Å². The van der Waals surface area contributed by atoms with Crippen LogP contribution in [0.1, 0.15) is 32.4 Å². The molecule has 2 rings (SSSR count). The highest BCUT2D eigenvalue weighted by Crippen LogP contribution is 2.35. The van der Waals surface area contributed by atoms with E-state index in [1.54, 1.807) is 0 Å². The zero-order chi connectivity index (χ0) is 11.0. The molecule has 0 saturated heterocycles. The van der Waals surface area contributed by atoms with Crippen molar-refractivity contribution in [2.24, 2.45) is 7.05 Å². The molecule has 0 amide bonds. The zero-order valence-corrected chi connectivity index (χ0v) is 9.82. The smallest absolute Gasteiger partial charge is 0.150 e. The third-order valence-electron chi connectivity index (χ3n) is 3.06. The van der Waals surface area contributed by atoms with Gasteiger partial charge < -0.3 is 10.6 Å². The Morgan fingerprint density at radius 3 is 2.53 bits per heavy atom. The Hall–Kier alpha value is -1.19. The molecule has 0 radical (unpaired) electrons. The van der Waals surface area contributed by atoms with Gasteiger partial charge in [0.1, 0.15) is 0 Å². The third kappa shape index (κ3) is 1.68. The van der Waals surface area contributed by atoms with E-state index in [1.807, 2.05) is 11.7 Å². The van der Waals surface area contributed by atoms with Gasteiger partial charge in [0.2, 0.25) is 0 Å². The summed E-state index contributed by atoms with van der Waals surface area (Å²) in [5.41, 5.74) is 8.02. The van der Waals surface area contributed by atoms with Gasteiger partial charge >= 0.3 is 0 Å². The summed E-state index contributed by atoms with van der Waals surface area (Å²) in [6.45, 7) is 5.28. The molecule has 1 aliphatic carbocycles. The van der Waals surface area contributed by atoms with E-state index in [0.717, 1.165) is 30.2 Å². The number of hydrogen-bond donors (Lipinski definition) is 1. The first-order chi connectivity index (χ1) is 7.19. The largest absolute Gasteiger partial charge is 0.394 e. The van der Waals surface area contributed by atoms with Crippen molar-refractivity contribution in [3.8, 4) is 0 Å². The minimum Gasteiger partial charge on any atom is -0.394 e. The Morgan fingerprint density at radius 1 is 1.47 bits per heavy atom. The molecule has 0 bridgehead atoms. The van der Waals surface area contributed by atoms with Crippen molar-refractivity contribution in [1.29, 1.82) is 0 Å². The van der Waals surface area contributed by atoms with Gasteiger partial charge in [-0.25, -0.2) is 0 Å². The van der Waals surface area contributed by atoms with Gasteiger partial charge in [0.25, 0.3) is 0 Å². The fraction of sp³-hybridized carbons (Fsp3) is 0.727. The molecular formula is C11H20N4. The second kappa shape index (κ2) is 3.76. The molecule has 15 heavy (non-hydrogen) atoms. The number of hydrogen-bond acceptors (Lipinski definition) is 3. The maximum absolute atomic E-state index is 6.13. The lowest BCUT2D eigenvalue weighted by molar-refractivity contribution is 0.699. The van der Waals surface area contributed by atoms with Crippen molar-refractivity contribution in [2.45, 2.75) is 39.2 Å². The van der Waals surface area contributed by atoms with Crippen LogP contribution in [-0.4, -0.2) is 22.4 Å². The number of rotatable bonds is 4. The Labute approximate surface area is 91.1 Å². The molecule has 1 saturated carbocycles. The average molecular weight is 208 g/mol. The van der Waals surface area contributed by atoms with E-state index < -0.39 is 0 Å². The van der Waals surface area contributed by atoms with E-state index in [2.05, 4.69) is 23.8 Å². The van der Waals surface area contributed by atoms with Crippen LogP contribution in [0.25, 0.3) is 0 Å². The molecular weight excluding hydrogens is 188 g/mol. The van der Waals surface area contributed by atoms with Crippen LogP contribution in [0.15, 0.2) is 0 Å². The van der Waals surface area contributed by atoms with Crippen LogP contribution in [0.4, 0.5) is 11.5 Å². The average Bonchev–Trinajstić information content (AvgIpc) is 3.00. The van der Waals surface area contributed by atoms with Gasteiger partial charge in [-0.2, -0.15) is 5.10 Å². The highest BCUT2D eigenvalue weighted by molar-refractivity contribution is 5.67. The quantitative estimate of drug-likeness (QED) is 0.816. The van der Waals surface area contributed by atoms with E-state index in [9.17, 15) is 0 Å². The lowest BCUT2D eigenvalue weighted by Crippen LogP contribution is -2.28. The lowest BCUT2D eigenvalue weighted by atomic mass is 10.3. The summed E-state index contributed by atoms with van der Waals surface area (Å²) in [7, 11) is 1.98. The summed E-state index contributed by atoms with van der Waals surface area (Å²) in [5.74, 6) is 1.11. The minimum absolute atomic E-state index is 0.692. The molecule has 84 valence electrons. The predicted molar refractivity (Wildman–Crippen MR) is 63.0 cm³/mol. The van der Waals surface area contributed by atoms with Gasteiger partial charge in [0.15, 0.2) is 5.82 Å². The molecule has 1 aliphatic rings. The van der Waals surface area contributed by atoms with Crippen molar-refractivity contribution in [1.82, 2.24) is 9.78 Å². The van der Waals surface area contributed by atoms with Crippen molar-refractivity contribution in [3.63, 3.8) is 0 Å². The van der Waals surface area contributed by atoms with Gasteiger partial charge in [-0.05, 0) is 26.2 Å². The molecule has 0 aliphatic heterocycles. The second-order valence-corrected chi connectivity index (χ2v) is 4.18. The normalized spacial score (nSPS) is 15.7. The number of nitrogens with zero attached hydrogens (tertiary/aromatic N) is 3. The molecule has 1 aromatic heterocycles. The van der Waals surface area contributed by atoms with Gasteiger partial charge in [-0.3, -0.25) is 4.68 Å². The summed E-state index contributed by atoms with van der Waals surface area (Å²) >= 11 is 0. The van der Waals surface area contributed by atoms with E-state index in [-0.39, 0.29) is 0 Å². The maximum atomic E-state index is 6.13. The van der Waals surface area contributed by atoms with Crippen LogP contribution in [0.3, 0.4) is 0 Å². The Bertz CT molecular complexity index is 352. The summed E-state index contributed by atoms with van der Waals surface area (Å²) in [6.07, 6.45) is 3.49. The fourth-order valence-corrected chi connectivity index (χ4v) is 2.15. The summed E-state index contributed by atoms with van der Waals surface area (Å²) < 4.78 is 1.93. The van der Waals surface area contributed by atoms with Gasteiger partial charge in [-0.15, -0.1) is 0 Å². The Balaban J connectivity index is 2.36. The van der Waals surface area contributed by atoms with Crippen molar-refractivity contribution < 1.29 is 0 Å². The molecule has 4 nitrogen and oxygen atoms in total. The van der Waals surface area contributed by atoms with Gasteiger partial charge in [0.05, 0.1) is 11.4 Å². The van der Waals surface area contributed by atoms with E-state index in [0.29, 0.717) is 6.04 Å². The van der Waals surface area contributed by atoms with Crippen molar-refractivity contribution in [3.05, 3.63) is 5.69 Å². The van der Waals surface area contributed by atoms with Crippen LogP contribution in [-0.2, 0) is 13.5 Å². The van der Waals surface area contributed by atoms with Crippen molar-refractivity contribution >= 4 is 11.5 Å². The standard InChI is InChI=1S/C11H20N4/c1-4-9-10(12)11(14(3)13-9)15(5-2)8-6-7-8/h8H,4-7,12H2,1-3H3. The highest BCUT2D eigenvalue weighted by atomic mass is 15.4. The second-order valence-electron chi connectivity index (χ2n) is 4.18. The maximum Gasteiger partial charge on any atom is 0.150 e. The Morgan fingerprint density at radius 2 is 2.13 bits per heavy atom. The van der Waals surface area contributed by atoms with Crippen LogP contribution in [0.2, 0.25) is 0 Å². The topological polar surface area (TPSA) is 47.1 Å². The summed E-state index contributed by atoms with van der Waals surface area (Å²) in [5, 5.41) is 4.46. The molecule has 1 aromatic rings. The van der Waals surface area contributed by atoms with Gasteiger partial charge in [0, 0.05) is 19.6 Å². The molecule has 0 unspecified atom stereocenters. The third-order valence-corrected chi connectivity index (χ3v) is 3.06. The summed E-state index contributed by atoms with van der Waals surface area (Å²) in [6, 6.07) is 0.692. The first kappa shape index (κ1) is 10.3. The monoisotopic (exact) mass is 208 g/mol. The fourth-order valence-electron chi connectivity index (χ4n) is 2.15. The number of nitrogen functional groups attached to an aromatic ring is 1. The molecule has 1 heterocycles. The van der Waals surface area contributed by atoms with E-state index >= 15 is 0 Å². The molecule has 2 N–H and O–H groups in total. The van der Waals surface area contributed by atoms with Crippen LogP contribution in [0, 0.1) is 0 Å². The molecule has 0 spiro atoms. The van der Waals surface area contributed by atoms with E-state index in [4.69, 9.17) is 5.73 Å². The number of aryl methyl sites for hydroxylation is 2. The first-order valence-corrected chi connectivity index (χ1v) is 5.77. The zero-order valence-electron chi connectivity index (χ0n) is 9.82. The number of anilines is 2. The SMILES string of the molecule is CCc1nn(C)c(N(CC)C2CC2)c1N. The number of nitrogens with two attached hydrogens (primary N) is 1. The molecule has 0 aromatic carbocycles. The number of aromatic nitrogens is 2. The molecule has 4 heteroatoms. The highest BCUT2D eigenvalue weighted by Gasteiger charge is 2.31. The summed E-state index contributed by atoms with van der Waals surface area (Å²) in [4.78, 5) is 2.38. The van der Waals surface area contributed by atoms with Crippen molar-refractivity contribution in [2.75, 3.05) is 17.2 Å². The Kier molecular flexibility index (Phi) is 2.59.